The van der Waals surface area contributed by atoms with E-state index in [2.05, 4.69) is 10.9 Å². The van der Waals surface area contributed by atoms with E-state index < -0.39 is 0 Å². The van der Waals surface area contributed by atoms with Crippen LogP contribution < -0.4 is 10.9 Å². The van der Waals surface area contributed by atoms with Gasteiger partial charge in [0.2, 0.25) is 5.91 Å². The fraction of sp³-hybridized carbons (Fsp3) is 0.143. The van der Waals surface area contributed by atoms with Crippen molar-refractivity contribution in [2.45, 2.75) is 12.8 Å². The lowest BCUT2D eigenvalue weighted by atomic mass is 10.2. The third-order valence-electron chi connectivity index (χ3n) is 2.71. The molecule has 2 N–H and O–H groups in total. The number of benzene rings is 1. The molecule has 0 aliphatic heterocycles. The second-order valence-electron chi connectivity index (χ2n) is 4.32. The van der Waals surface area contributed by atoms with Crippen LogP contribution in [0, 0.1) is 0 Å². The Morgan fingerprint density at radius 2 is 1.77 bits per heavy atom. The molecule has 1 heterocycles. The molecule has 0 saturated heterocycles. The zero-order chi connectivity index (χ0) is 16.1. The number of anilines is 1. The number of amides is 1. The largest absolute Gasteiger partial charge is 0.296 e. The summed E-state index contributed by atoms with van der Waals surface area (Å²) in [5.41, 5.74) is 5.44. The number of rotatable bonds is 6. The molecule has 4 nitrogen and oxygen atoms in total. The lowest BCUT2D eigenvalue weighted by Crippen LogP contribution is -2.29. The van der Waals surface area contributed by atoms with E-state index in [4.69, 9.17) is 34.8 Å². The molecule has 0 aliphatic carbocycles. The van der Waals surface area contributed by atoms with Crippen LogP contribution >= 0.6 is 46.1 Å². The Kier molecular flexibility index (Phi) is 6.08. The van der Waals surface area contributed by atoms with Crippen molar-refractivity contribution >= 4 is 63.5 Å². The first-order valence-electron chi connectivity index (χ1n) is 6.23. The maximum absolute atomic E-state index is 11.8. The van der Waals surface area contributed by atoms with Gasteiger partial charge in [-0.1, -0.05) is 40.9 Å². The predicted octanol–water partition coefficient (Wildman–Crippen LogP) is 4.81. The second-order valence-corrected chi connectivity index (χ2v) is 6.52. The highest BCUT2D eigenvalue weighted by Crippen LogP contribution is 2.33. The molecular formula is C14H11Cl3N2O2S. The normalized spacial score (nSPS) is 10.3. The summed E-state index contributed by atoms with van der Waals surface area (Å²) >= 11 is 19.1. The summed E-state index contributed by atoms with van der Waals surface area (Å²) in [7, 11) is 0. The molecule has 0 aliphatic rings. The summed E-state index contributed by atoms with van der Waals surface area (Å²) in [4.78, 5) is 24.2. The Balaban J connectivity index is 1.85. The summed E-state index contributed by atoms with van der Waals surface area (Å²) in [6, 6.07) is 6.54. The monoisotopic (exact) mass is 376 g/mol. The molecule has 0 atom stereocenters. The molecule has 8 heteroatoms. The Bertz CT molecular complexity index is 666. The Morgan fingerprint density at radius 1 is 1.09 bits per heavy atom. The number of halogens is 3. The maximum Gasteiger partial charge on any atom is 0.238 e. The minimum Gasteiger partial charge on any atom is -0.296 e. The predicted molar refractivity (Wildman–Crippen MR) is 91.1 cm³/mol. The molecule has 1 aromatic carbocycles. The third kappa shape index (κ3) is 4.61. The van der Waals surface area contributed by atoms with Gasteiger partial charge in [-0.2, -0.15) is 0 Å². The quantitative estimate of drug-likeness (QED) is 0.561. The molecule has 1 aromatic heterocycles. The summed E-state index contributed by atoms with van der Waals surface area (Å²) in [6.45, 7) is 0. The number of Topliss-reactive ketones (excluding diaryl/α,β-unsaturated/α-hetero) is 1. The van der Waals surface area contributed by atoms with E-state index in [1.165, 1.54) is 23.5 Å². The van der Waals surface area contributed by atoms with Crippen LogP contribution in [0.1, 0.15) is 22.5 Å². The van der Waals surface area contributed by atoms with Crippen LogP contribution in [-0.4, -0.2) is 11.7 Å². The van der Waals surface area contributed by atoms with Crippen LogP contribution in [0.15, 0.2) is 29.6 Å². The fourth-order valence-electron chi connectivity index (χ4n) is 1.64. The first kappa shape index (κ1) is 17.1. The number of carbonyl (C=O) groups is 2. The first-order valence-corrected chi connectivity index (χ1v) is 8.25. The molecule has 2 aromatic rings. The van der Waals surface area contributed by atoms with E-state index in [1.807, 2.05) is 5.38 Å². The van der Waals surface area contributed by atoms with Gasteiger partial charge in [-0.3, -0.25) is 20.4 Å². The van der Waals surface area contributed by atoms with Crippen molar-refractivity contribution < 1.29 is 9.59 Å². The van der Waals surface area contributed by atoms with Crippen LogP contribution in [0.25, 0.3) is 0 Å². The number of hydrazine groups is 1. The van der Waals surface area contributed by atoms with Gasteiger partial charge in [0, 0.05) is 17.9 Å². The van der Waals surface area contributed by atoms with E-state index in [9.17, 15) is 9.59 Å². The molecule has 116 valence electrons. The molecule has 0 bridgehead atoms. The van der Waals surface area contributed by atoms with Gasteiger partial charge < -0.3 is 0 Å². The Labute approximate surface area is 146 Å². The van der Waals surface area contributed by atoms with Gasteiger partial charge in [-0.15, -0.1) is 11.3 Å². The second kappa shape index (κ2) is 7.83. The van der Waals surface area contributed by atoms with E-state index in [-0.39, 0.29) is 34.6 Å². The Hall–Kier alpha value is -1.27. The molecule has 0 unspecified atom stereocenters. The van der Waals surface area contributed by atoms with Gasteiger partial charge in [0.15, 0.2) is 5.78 Å². The fourth-order valence-corrected chi connectivity index (χ4v) is 3.25. The van der Waals surface area contributed by atoms with Crippen molar-refractivity contribution in [3.05, 3.63) is 49.6 Å². The van der Waals surface area contributed by atoms with Gasteiger partial charge in [0.1, 0.15) is 0 Å². The van der Waals surface area contributed by atoms with Gasteiger partial charge in [0.25, 0.3) is 0 Å². The highest BCUT2D eigenvalue weighted by molar-refractivity contribution is 7.12. The first-order chi connectivity index (χ1) is 10.5. The average Bonchev–Trinajstić information content (AvgIpc) is 2.97. The summed E-state index contributed by atoms with van der Waals surface area (Å²) in [5.74, 6) is -0.403. The molecule has 0 spiro atoms. The van der Waals surface area contributed by atoms with Crippen LogP contribution in [0.3, 0.4) is 0 Å². The van der Waals surface area contributed by atoms with Crippen molar-refractivity contribution in [3.8, 4) is 0 Å². The number of ketones is 1. The van der Waals surface area contributed by atoms with Gasteiger partial charge in [0.05, 0.1) is 20.6 Å². The number of hydrogen-bond acceptors (Lipinski definition) is 4. The molecule has 2 rings (SSSR count). The molecule has 0 saturated carbocycles. The topological polar surface area (TPSA) is 58.2 Å². The number of hydrogen-bond donors (Lipinski definition) is 2. The van der Waals surface area contributed by atoms with Gasteiger partial charge in [-0.05, 0) is 23.6 Å². The maximum atomic E-state index is 11.8. The van der Waals surface area contributed by atoms with Crippen LogP contribution in [0.5, 0.6) is 0 Å². The summed E-state index contributed by atoms with van der Waals surface area (Å²) in [5, 5.41) is 2.78. The summed E-state index contributed by atoms with van der Waals surface area (Å²) < 4.78 is 0. The lowest BCUT2D eigenvalue weighted by molar-refractivity contribution is -0.120. The molecule has 0 radical (unpaired) electrons. The molecule has 1 amide bonds. The third-order valence-corrected chi connectivity index (χ3v) is 4.43. The minimum absolute atomic E-state index is 0.0621. The van der Waals surface area contributed by atoms with E-state index in [1.54, 1.807) is 12.1 Å². The zero-order valence-corrected chi connectivity index (χ0v) is 14.2. The standard InChI is InChI=1S/C14H11Cl3N2O2S/c15-8-6-9(16)14(10(17)7-8)19-18-13(21)4-3-11(20)12-2-1-5-22-12/h1-2,5-7,19H,3-4H2,(H,18,21). The van der Waals surface area contributed by atoms with Crippen molar-refractivity contribution in [2.75, 3.05) is 5.43 Å². The average molecular weight is 378 g/mol. The van der Waals surface area contributed by atoms with E-state index >= 15 is 0 Å². The van der Waals surface area contributed by atoms with Crippen molar-refractivity contribution in [1.82, 2.24) is 5.43 Å². The van der Waals surface area contributed by atoms with E-state index in [0.717, 1.165) is 0 Å². The van der Waals surface area contributed by atoms with Crippen molar-refractivity contribution in [2.24, 2.45) is 0 Å². The highest BCUT2D eigenvalue weighted by Gasteiger charge is 2.12. The van der Waals surface area contributed by atoms with Gasteiger partial charge >= 0.3 is 0 Å². The van der Waals surface area contributed by atoms with Crippen molar-refractivity contribution in [1.29, 1.82) is 0 Å². The molecular weight excluding hydrogens is 367 g/mol. The minimum atomic E-state index is -0.341. The van der Waals surface area contributed by atoms with Crippen LogP contribution in [0.4, 0.5) is 5.69 Å². The van der Waals surface area contributed by atoms with Gasteiger partial charge in [-0.25, -0.2) is 0 Å². The molecule has 22 heavy (non-hydrogen) atoms. The molecule has 0 fully saturated rings. The zero-order valence-electron chi connectivity index (χ0n) is 11.2. The lowest BCUT2D eigenvalue weighted by Gasteiger charge is -2.11. The van der Waals surface area contributed by atoms with Crippen molar-refractivity contribution in [3.63, 3.8) is 0 Å². The highest BCUT2D eigenvalue weighted by atomic mass is 35.5. The van der Waals surface area contributed by atoms with E-state index in [0.29, 0.717) is 15.6 Å². The summed E-state index contributed by atoms with van der Waals surface area (Å²) in [6.07, 6.45) is 0.197. The Morgan fingerprint density at radius 3 is 2.36 bits per heavy atom. The number of nitrogens with one attached hydrogen (secondary N) is 2. The van der Waals surface area contributed by atoms with Crippen LogP contribution in [0.2, 0.25) is 15.1 Å². The SMILES string of the molecule is O=C(CCC(=O)c1cccs1)NNc1c(Cl)cc(Cl)cc1Cl. The van der Waals surface area contributed by atoms with Crippen LogP contribution in [-0.2, 0) is 4.79 Å². The number of thiophene rings is 1. The number of carbonyl (C=O) groups excluding carboxylic acids is 2. The smallest absolute Gasteiger partial charge is 0.238 e.